The van der Waals surface area contributed by atoms with Gasteiger partial charge in [0.15, 0.2) is 0 Å². The third-order valence-electron chi connectivity index (χ3n) is 5.04. The van der Waals surface area contributed by atoms with Gasteiger partial charge in [-0.05, 0) is 31.0 Å². The van der Waals surface area contributed by atoms with Crippen molar-refractivity contribution < 1.29 is 9.21 Å². The molecule has 1 aromatic heterocycles. The molecule has 3 heterocycles. The van der Waals surface area contributed by atoms with Gasteiger partial charge < -0.3 is 19.5 Å². The molecule has 0 unspecified atom stereocenters. The van der Waals surface area contributed by atoms with Crippen LogP contribution in [-0.4, -0.2) is 43.0 Å². The second kappa shape index (κ2) is 6.32. The van der Waals surface area contributed by atoms with Crippen LogP contribution in [0.2, 0.25) is 0 Å². The minimum Gasteiger partial charge on any atom is -0.467 e. The van der Waals surface area contributed by atoms with Crippen LogP contribution < -0.4 is 10.2 Å². The van der Waals surface area contributed by atoms with E-state index in [9.17, 15) is 4.79 Å². The van der Waals surface area contributed by atoms with E-state index in [1.165, 1.54) is 11.3 Å². The first kappa shape index (κ1) is 15.3. The van der Waals surface area contributed by atoms with Crippen molar-refractivity contribution in [3.05, 3.63) is 53.5 Å². The highest BCUT2D eigenvalue weighted by Crippen LogP contribution is 2.33. The smallest absolute Gasteiger partial charge is 0.257 e. The summed E-state index contributed by atoms with van der Waals surface area (Å²) in [7, 11) is 0. The predicted octanol–water partition coefficient (Wildman–Crippen LogP) is 2.28. The molecule has 1 amide bonds. The molecule has 2 aliphatic heterocycles. The lowest BCUT2D eigenvalue weighted by Crippen LogP contribution is -2.46. The lowest BCUT2D eigenvalue weighted by atomic mass is 10.1. The fraction of sp³-hybridized carbons (Fsp3) is 0.421. The molecule has 2 aliphatic rings. The quantitative estimate of drug-likeness (QED) is 0.940. The van der Waals surface area contributed by atoms with E-state index in [-0.39, 0.29) is 5.91 Å². The first-order valence-electron chi connectivity index (χ1n) is 8.65. The van der Waals surface area contributed by atoms with E-state index in [1.807, 2.05) is 11.0 Å². The molecule has 5 heteroatoms. The fourth-order valence-electron chi connectivity index (χ4n) is 3.72. The zero-order valence-electron chi connectivity index (χ0n) is 14.0. The van der Waals surface area contributed by atoms with Crippen LogP contribution in [0.3, 0.4) is 0 Å². The molecule has 0 radical (unpaired) electrons. The van der Waals surface area contributed by atoms with Gasteiger partial charge in [-0.15, -0.1) is 0 Å². The molecule has 0 spiro atoms. The van der Waals surface area contributed by atoms with E-state index in [2.05, 4.69) is 41.4 Å². The zero-order chi connectivity index (χ0) is 16.5. The van der Waals surface area contributed by atoms with E-state index < -0.39 is 0 Å². The maximum absolute atomic E-state index is 12.8. The number of nitrogens with one attached hydrogen (secondary N) is 1. The highest BCUT2D eigenvalue weighted by Gasteiger charge is 2.29. The Labute approximate surface area is 142 Å². The number of para-hydroxylation sites is 1. The molecule has 1 N–H and O–H groups in total. The second-order valence-corrected chi connectivity index (χ2v) is 6.61. The molecule has 0 bridgehead atoms. The molecule has 5 nitrogen and oxygen atoms in total. The summed E-state index contributed by atoms with van der Waals surface area (Å²) >= 11 is 0. The van der Waals surface area contributed by atoms with Crippen LogP contribution in [0.4, 0.5) is 5.69 Å². The predicted molar refractivity (Wildman–Crippen MR) is 93.3 cm³/mol. The molecule has 126 valence electrons. The van der Waals surface area contributed by atoms with E-state index in [4.69, 9.17) is 4.42 Å². The Morgan fingerprint density at radius 2 is 2.04 bits per heavy atom. The Morgan fingerprint density at radius 1 is 1.25 bits per heavy atom. The highest BCUT2D eigenvalue weighted by atomic mass is 16.3. The van der Waals surface area contributed by atoms with E-state index in [0.29, 0.717) is 18.2 Å². The van der Waals surface area contributed by atoms with Crippen molar-refractivity contribution in [2.75, 3.05) is 31.1 Å². The van der Waals surface area contributed by atoms with Crippen molar-refractivity contribution >= 4 is 11.6 Å². The van der Waals surface area contributed by atoms with Crippen molar-refractivity contribution in [1.29, 1.82) is 0 Å². The zero-order valence-corrected chi connectivity index (χ0v) is 14.0. The van der Waals surface area contributed by atoms with Gasteiger partial charge in [-0.1, -0.05) is 18.2 Å². The van der Waals surface area contributed by atoms with Gasteiger partial charge in [-0.25, -0.2) is 0 Å². The number of hydrogen-bond donors (Lipinski definition) is 1. The topological polar surface area (TPSA) is 48.7 Å². The van der Waals surface area contributed by atoms with Crippen LogP contribution >= 0.6 is 0 Å². The van der Waals surface area contributed by atoms with E-state index >= 15 is 0 Å². The van der Waals surface area contributed by atoms with Gasteiger partial charge in [-0.3, -0.25) is 4.79 Å². The summed E-state index contributed by atoms with van der Waals surface area (Å²) in [6.07, 6.45) is 2.68. The second-order valence-electron chi connectivity index (χ2n) is 6.61. The summed E-state index contributed by atoms with van der Waals surface area (Å²) in [5, 5.41) is 3.28. The number of carbonyl (C=O) groups excluding carboxylic acids is 1. The summed E-state index contributed by atoms with van der Waals surface area (Å²) in [4.78, 5) is 17.0. The van der Waals surface area contributed by atoms with Crippen LogP contribution in [-0.2, 0) is 13.0 Å². The lowest BCUT2D eigenvalue weighted by Gasteiger charge is -2.28. The Balaban J connectivity index is 1.56. The third-order valence-corrected chi connectivity index (χ3v) is 5.04. The summed E-state index contributed by atoms with van der Waals surface area (Å²) in [5.74, 6) is 0.850. The number of amides is 1. The summed E-state index contributed by atoms with van der Waals surface area (Å²) < 4.78 is 5.70. The van der Waals surface area contributed by atoms with Crippen molar-refractivity contribution in [1.82, 2.24) is 10.2 Å². The van der Waals surface area contributed by atoms with Gasteiger partial charge in [0.1, 0.15) is 5.76 Å². The maximum atomic E-state index is 12.8. The normalized spacial score (nSPS) is 20.3. The molecule has 24 heavy (non-hydrogen) atoms. The number of anilines is 1. The first-order chi connectivity index (χ1) is 11.7. The summed E-state index contributed by atoms with van der Waals surface area (Å²) in [5.41, 5.74) is 3.32. The van der Waals surface area contributed by atoms with Crippen molar-refractivity contribution in [3.63, 3.8) is 0 Å². The number of rotatable bonds is 3. The SMILES string of the molecule is C[C@@H]1Cc2ccccc2N1Cc1occc1C(=O)N1CCNCC1. The van der Waals surface area contributed by atoms with Crippen molar-refractivity contribution in [2.45, 2.75) is 25.9 Å². The molecular weight excluding hydrogens is 302 g/mol. The number of fused-ring (bicyclic) bond motifs is 1. The highest BCUT2D eigenvalue weighted by molar-refractivity contribution is 5.95. The van der Waals surface area contributed by atoms with E-state index in [0.717, 1.165) is 38.4 Å². The molecule has 0 aliphatic carbocycles. The summed E-state index contributed by atoms with van der Waals surface area (Å²) in [6.45, 7) is 6.09. The molecule has 1 aromatic carbocycles. The maximum Gasteiger partial charge on any atom is 0.257 e. The first-order valence-corrected chi connectivity index (χ1v) is 8.65. The average Bonchev–Trinajstić information content (AvgIpc) is 3.20. The average molecular weight is 325 g/mol. The standard InChI is InChI=1S/C19H23N3O2/c1-14-12-15-4-2-3-5-17(15)22(14)13-18-16(6-11-24-18)19(23)21-9-7-20-8-10-21/h2-6,11,14,20H,7-10,12-13H2,1H3/t14-/m1/s1. The number of hydrogen-bond acceptors (Lipinski definition) is 4. The number of carbonyl (C=O) groups is 1. The molecule has 1 saturated heterocycles. The molecule has 1 atom stereocenters. The van der Waals surface area contributed by atoms with Gasteiger partial charge in [0.05, 0.1) is 18.4 Å². The summed E-state index contributed by atoms with van der Waals surface area (Å²) in [6, 6.07) is 10.7. The van der Waals surface area contributed by atoms with Crippen molar-refractivity contribution in [3.8, 4) is 0 Å². The van der Waals surface area contributed by atoms with Crippen LogP contribution in [0.5, 0.6) is 0 Å². The van der Waals surface area contributed by atoms with Crippen LogP contribution in [0.1, 0.15) is 28.6 Å². The van der Waals surface area contributed by atoms with Crippen LogP contribution in [0, 0.1) is 0 Å². The Kier molecular flexibility index (Phi) is 4.02. The minimum absolute atomic E-state index is 0.0837. The molecule has 0 saturated carbocycles. The molecular formula is C19H23N3O2. The van der Waals surface area contributed by atoms with Gasteiger partial charge >= 0.3 is 0 Å². The van der Waals surface area contributed by atoms with E-state index in [1.54, 1.807) is 6.26 Å². The molecule has 2 aromatic rings. The Bertz CT molecular complexity index is 734. The van der Waals surface area contributed by atoms with Gasteiger partial charge in [0, 0.05) is 37.9 Å². The number of furan rings is 1. The van der Waals surface area contributed by atoms with Crippen molar-refractivity contribution in [2.24, 2.45) is 0 Å². The van der Waals surface area contributed by atoms with Crippen LogP contribution in [0.15, 0.2) is 41.0 Å². The fourth-order valence-corrected chi connectivity index (χ4v) is 3.72. The number of piperazine rings is 1. The molecule has 4 rings (SSSR count). The largest absolute Gasteiger partial charge is 0.467 e. The number of nitrogens with zero attached hydrogens (tertiary/aromatic N) is 2. The van der Waals surface area contributed by atoms with Crippen LogP contribution in [0.25, 0.3) is 0 Å². The Morgan fingerprint density at radius 3 is 2.88 bits per heavy atom. The minimum atomic E-state index is 0.0837. The monoisotopic (exact) mass is 325 g/mol. The van der Waals surface area contributed by atoms with Gasteiger partial charge in [0.25, 0.3) is 5.91 Å². The third kappa shape index (κ3) is 2.69. The number of benzene rings is 1. The molecule has 1 fully saturated rings. The van der Waals surface area contributed by atoms with Gasteiger partial charge in [0.2, 0.25) is 0 Å². The van der Waals surface area contributed by atoms with Gasteiger partial charge in [-0.2, -0.15) is 0 Å². The lowest BCUT2D eigenvalue weighted by molar-refractivity contribution is 0.0733. The Hall–Kier alpha value is -2.27.